The van der Waals surface area contributed by atoms with Gasteiger partial charge in [-0.15, -0.1) is 0 Å². The van der Waals surface area contributed by atoms with Crippen LogP contribution in [0.2, 0.25) is 10.0 Å². The van der Waals surface area contributed by atoms with E-state index in [-0.39, 0.29) is 5.56 Å². The van der Waals surface area contributed by atoms with Gasteiger partial charge in [0.2, 0.25) is 0 Å². The van der Waals surface area contributed by atoms with E-state index >= 15 is 0 Å². The van der Waals surface area contributed by atoms with Crippen LogP contribution >= 0.6 is 23.2 Å². The standard InChI is InChI=1S/C14H10Cl2O2/c1-8-6-11(16)7-12(13(8)14(17)18)9-2-4-10(15)5-3-9/h2-7H,1H3,(H,17,18). The van der Waals surface area contributed by atoms with E-state index in [0.717, 1.165) is 5.56 Å². The molecule has 18 heavy (non-hydrogen) atoms. The molecule has 1 N–H and O–H groups in total. The predicted molar refractivity (Wildman–Crippen MR) is 73.6 cm³/mol. The fourth-order valence-electron chi connectivity index (χ4n) is 1.88. The minimum Gasteiger partial charge on any atom is -0.478 e. The molecule has 2 aromatic rings. The Balaban J connectivity index is 2.69. The average molecular weight is 281 g/mol. The van der Waals surface area contributed by atoms with Crippen LogP contribution in [0.1, 0.15) is 15.9 Å². The molecule has 0 amide bonds. The molecule has 0 atom stereocenters. The largest absolute Gasteiger partial charge is 0.478 e. The molecule has 0 saturated carbocycles. The number of benzene rings is 2. The number of carbonyl (C=O) groups is 1. The Hall–Kier alpha value is -1.51. The molecule has 0 radical (unpaired) electrons. The summed E-state index contributed by atoms with van der Waals surface area (Å²) >= 11 is 11.8. The van der Waals surface area contributed by atoms with E-state index in [2.05, 4.69) is 0 Å². The molecule has 4 heteroatoms. The molecule has 0 spiro atoms. The minimum absolute atomic E-state index is 0.265. The van der Waals surface area contributed by atoms with Crippen LogP contribution in [0.25, 0.3) is 11.1 Å². The second-order valence-corrected chi connectivity index (χ2v) is 4.83. The van der Waals surface area contributed by atoms with Gasteiger partial charge in [-0.3, -0.25) is 0 Å². The highest BCUT2D eigenvalue weighted by molar-refractivity contribution is 6.31. The van der Waals surface area contributed by atoms with Crippen LogP contribution < -0.4 is 0 Å². The van der Waals surface area contributed by atoms with E-state index in [0.29, 0.717) is 21.2 Å². The van der Waals surface area contributed by atoms with E-state index < -0.39 is 5.97 Å². The molecule has 0 saturated heterocycles. The van der Waals surface area contributed by atoms with Crippen LogP contribution in [-0.4, -0.2) is 11.1 Å². The number of hydrogen-bond acceptors (Lipinski definition) is 1. The summed E-state index contributed by atoms with van der Waals surface area (Å²) in [7, 11) is 0. The Labute approximate surface area is 115 Å². The van der Waals surface area contributed by atoms with Gasteiger partial charge >= 0.3 is 5.97 Å². The van der Waals surface area contributed by atoms with Crippen molar-refractivity contribution in [3.05, 3.63) is 57.6 Å². The molecule has 0 aliphatic heterocycles. The fraction of sp³-hybridized carbons (Fsp3) is 0.0714. The van der Waals surface area contributed by atoms with E-state index in [1.807, 2.05) is 0 Å². The van der Waals surface area contributed by atoms with Gasteiger partial charge in [0.05, 0.1) is 5.56 Å². The Morgan fingerprint density at radius 3 is 2.22 bits per heavy atom. The van der Waals surface area contributed by atoms with E-state index in [9.17, 15) is 9.90 Å². The molecule has 0 fully saturated rings. The van der Waals surface area contributed by atoms with Crippen LogP contribution in [-0.2, 0) is 0 Å². The third-order valence-corrected chi connectivity index (χ3v) is 3.14. The van der Waals surface area contributed by atoms with Crippen LogP contribution in [0, 0.1) is 6.92 Å². The van der Waals surface area contributed by atoms with Gasteiger partial charge in [0.1, 0.15) is 0 Å². The highest BCUT2D eigenvalue weighted by Crippen LogP contribution is 2.30. The molecule has 2 rings (SSSR count). The van der Waals surface area contributed by atoms with Crippen molar-refractivity contribution in [2.45, 2.75) is 6.92 Å². The second kappa shape index (κ2) is 5.01. The lowest BCUT2D eigenvalue weighted by Gasteiger charge is -2.10. The summed E-state index contributed by atoms with van der Waals surface area (Å²) in [5, 5.41) is 10.4. The molecule has 2 aromatic carbocycles. The number of aromatic carboxylic acids is 1. The zero-order valence-corrected chi connectivity index (χ0v) is 11.1. The van der Waals surface area contributed by atoms with Crippen LogP contribution in [0.5, 0.6) is 0 Å². The van der Waals surface area contributed by atoms with Crippen molar-refractivity contribution in [1.82, 2.24) is 0 Å². The van der Waals surface area contributed by atoms with Crippen molar-refractivity contribution in [1.29, 1.82) is 0 Å². The van der Waals surface area contributed by atoms with Crippen molar-refractivity contribution < 1.29 is 9.90 Å². The average Bonchev–Trinajstić information content (AvgIpc) is 2.28. The summed E-state index contributed by atoms with van der Waals surface area (Å²) < 4.78 is 0. The van der Waals surface area contributed by atoms with Crippen molar-refractivity contribution in [2.24, 2.45) is 0 Å². The van der Waals surface area contributed by atoms with Crippen molar-refractivity contribution in [2.75, 3.05) is 0 Å². The molecule has 0 heterocycles. The van der Waals surface area contributed by atoms with Gasteiger partial charge in [-0.2, -0.15) is 0 Å². The van der Waals surface area contributed by atoms with Gasteiger partial charge in [0.15, 0.2) is 0 Å². The van der Waals surface area contributed by atoms with Gasteiger partial charge in [-0.25, -0.2) is 4.79 Å². The van der Waals surface area contributed by atoms with Crippen LogP contribution in [0.4, 0.5) is 0 Å². The highest BCUT2D eigenvalue weighted by Gasteiger charge is 2.15. The number of hydrogen-bond donors (Lipinski definition) is 1. The quantitative estimate of drug-likeness (QED) is 0.868. The molecule has 0 aromatic heterocycles. The Bertz CT molecular complexity index is 604. The van der Waals surface area contributed by atoms with Crippen LogP contribution in [0.3, 0.4) is 0 Å². The normalized spacial score (nSPS) is 10.4. The van der Waals surface area contributed by atoms with E-state index in [1.54, 1.807) is 43.3 Å². The topological polar surface area (TPSA) is 37.3 Å². The van der Waals surface area contributed by atoms with E-state index in [4.69, 9.17) is 23.2 Å². The fourth-order valence-corrected chi connectivity index (χ4v) is 2.28. The maximum absolute atomic E-state index is 11.3. The third kappa shape index (κ3) is 2.50. The van der Waals surface area contributed by atoms with Crippen molar-refractivity contribution >= 4 is 29.2 Å². The number of aryl methyl sites for hydroxylation is 1. The molecule has 0 bridgehead atoms. The molecular formula is C14H10Cl2O2. The van der Waals surface area contributed by atoms with Gasteiger partial charge in [-0.1, -0.05) is 35.3 Å². The SMILES string of the molecule is Cc1cc(Cl)cc(-c2ccc(Cl)cc2)c1C(=O)O. The number of halogens is 2. The zero-order valence-electron chi connectivity index (χ0n) is 9.58. The number of rotatable bonds is 2. The first-order chi connectivity index (χ1) is 8.49. The van der Waals surface area contributed by atoms with Crippen LogP contribution in [0.15, 0.2) is 36.4 Å². The highest BCUT2D eigenvalue weighted by atomic mass is 35.5. The summed E-state index contributed by atoms with van der Waals surface area (Å²) in [4.78, 5) is 11.3. The molecule has 2 nitrogen and oxygen atoms in total. The lowest BCUT2D eigenvalue weighted by atomic mass is 9.96. The third-order valence-electron chi connectivity index (χ3n) is 2.67. The predicted octanol–water partition coefficient (Wildman–Crippen LogP) is 4.67. The molecule has 0 aliphatic carbocycles. The minimum atomic E-state index is -0.964. The van der Waals surface area contributed by atoms with E-state index in [1.165, 1.54) is 0 Å². The van der Waals surface area contributed by atoms with Gasteiger partial charge in [-0.05, 0) is 47.9 Å². The second-order valence-electron chi connectivity index (χ2n) is 3.96. The van der Waals surface area contributed by atoms with Gasteiger partial charge < -0.3 is 5.11 Å². The molecule has 0 unspecified atom stereocenters. The molecular weight excluding hydrogens is 271 g/mol. The summed E-state index contributed by atoms with van der Waals surface area (Å²) in [5.74, 6) is -0.964. The molecule has 92 valence electrons. The first-order valence-corrected chi connectivity index (χ1v) is 6.04. The smallest absolute Gasteiger partial charge is 0.336 e. The summed E-state index contributed by atoms with van der Waals surface area (Å²) in [5.41, 5.74) is 2.29. The maximum Gasteiger partial charge on any atom is 0.336 e. The lowest BCUT2D eigenvalue weighted by molar-refractivity contribution is 0.0697. The van der Waals surface area contributed by atoms with Crippen molar-refractivity contribution in [3.63, 3.8) is 0 Å². The Morgan fingerprint density at radius 2 is 1.67 bits per heavy atom. The first kappa shape index (κ1) is 12.9. The van der Waals surface area contributed by atoms with Gasteiger partial charge in [0.25, 0.3) is 0 Å². The maximum atomic E-state index is 11.3. The van der Waals surface area contributed by atoms with Crippen molar-refractivity contribution in [3.8, 4) is 11.1 Å². The number of carboxylic acids is 1. The zero-order chi connectivity index (χ0) is 13.3. The van der Waals surface area contributed by atoms with Gasteiger partial charge in [0, 0.05) is 10.0 Å². The first-order valence-electron chi connectivity index (χ1n) is 5.28. The number of carboxylic acid groups (broad SMARTS) is 1. The summed E-state index contributed by atoms with van der Waals surface area (Å²) in [6.45, 7) is 1.73. The lowest BCUT2D eigenvalue weighted by Crippen LogP contribution is -2.02. The molecule has 0 aliphatic rings. The Morgan fingerprint density at radius 1 is 1.06 bits per heavy atom. The summed E-state index contributed by atoms with van der Waals surface area (Å²) in [6.07, 6.45) is 0. The monoisotopic (exact) mass is 280 g/mol. The Kier molecular flexibility index (Phi) is 3.60. The summed E-state index contributed by atoms with van der Waals surface area (Å²) in [6, 6.07) is 10.3.